The number of amides is 1. The molecule has 0 atom stereocenters. The van der Waals surface area contributed by atoms with Crippen molar-refractivity contribution in [1.29, 1.82) is 0 Å². The molecule has 1 aliphatic heterocycles. The van der Waals surface area contributed by atoms with E-state index in [-0.39, 0.29) is 18.2 Å². The Kier molecular flexibility index (Phi) is 4.22. The largest absolute Gasteiger partial charge is 0.326 e. The van der Waals surface area contributed by atoms with Gasteiger partial charge in [-0.2, -0.15) is 4.80 Å². The zero-order valence-electron chi connectivity index (χ0n) is 13.6. The van der Waals surface area contributed by atoms with Gasteiger partial charge in [-0.15, -0.1) is 10.2 Å². The number of benzene rings is 2. The summed E-state index contributed by atoms with van der Waals surface area (Å²) in [5.74, 6) is 0.236. The molecule has 0 saturated carbocycles. The average Bonchev–Trinajstić information content (AvgIpc) is 3.09. The molecule has 0 bridgehead atoms. The maximum atomic E-state index is 12.5. The molecule has 1 N–H and O–H groups in total. The standard InChI is InChI=1S/C18H14ClN5O2/c19-14-4-2-1-3-13(14)18-21-23-24(22-18)10-16(25)12-5-7-15-11(9-12)6-8-17(26)20-15/h1-5,7,9H,6,8,10H2,(H,20,26). The Labute approximate surface area is 154 Å². The van der Waals surface area contributed by atoms with E-state index in [4.69, 9.17) is 11.6 Å². The number of hydrogen-bond donors (Lipinski definition) is 1. The summed E-state index contributed by atoms with van der Waals surface area (Å²) in [5.41, 5.74) is 2.94. The van der Waals surface area contributed by atoms with Crippen molar-refractivity contribution in [1.82, 2.24) is 20.2 Å². The average molecular weight is 368 g/mol. The van der Waals surface area contributed by atoms with Crippen LogP contribution in [0.1, 0.15) is 22.3 Å². The summed E-state index contributed by atoms with van der Waals surface area (Å²) < 4.78 is 0. The number of tetrazole rings is 1. The normalized spacial score (nSPS) is 13.2. The lowest BCUT2D eigenvalue weighted by Crippen LogP contribution is -2.20. The Morgan fingerprint density at radius 2 is 2.04 bits per heavy atom. The number of aromatic nitrogens is 4. The van der Waals surface area contributed by atoms with Crippen LogP contribution in [0, 0.1) is 0 Å². The molecule has 0 fully saturated rings. The first kappa shape index (κ1) is 16.4. The van der Waals surface area contributed by atoms with Gasteiger partial charge in [0.25, 0.3) is 0 Å². The third-order valence-corrected chi connectivity index (χ3v) is 4.50. The van der Waals surface area contributed by atoms with Crippen LogP contribution in [0.15, 0.2) is 42.5 Å². The fourth-order valence-corrected chi connectivity index (χ4v) is 3.06. The van der Waals surface area contributed by atoms with Crippen molar-refractivity contribution in [3.05, 3.63) is 58.6 Å². The van der Waals surface area contributed by atoms with Crippen LogP contribution >= 0.6 is 11.6 Å². The van der Waals surface area contributed by atoms with E-state index in [1.54, 1.807) is 24.3 Å². The fraction of sp³-hybridized carbons (Fsp3) is 0.167. The Morgan fingerprint density at radius 1 is 1.19 bits per heavy atom. The topological polar surface area (TPSA) is 89.8 Å². The highest BCUT2D eigenvalue weighted by atomic mass is 35.5. The number of rotatable bonds is 4. The van der Waals surface area contributed by atoms with Crippen molar-refractivity contribution < 1.29 is 9.59 Å². The first-order valence-electron chi connectivity index (χ1n) is 8.09. The zero-order valence-corrected chi connectivity index (χ0v) is 14.4. The molecule has 2 aromatic carbocycles. The van der Waals surface area contributed by atoms with E-state index in [0.717, 1.165) is 11.3 Å². The van der Waals surface area contributed by atoms with E-state index in [1.165, 1.54) is 4.80 Å². The molecule has 1 aliphatic rings. The molecule has 0 saturated heterocycles. The van der Waals surface area contributed by atoms with Gasteiger partial charge in [-0.3, -0.25) is 9.59 Å². The summed E-state index contributed by atoms with van der Waals surface area (Å²) in [5, 5.41) is 15.5. The number of halogens is 1. The van der Waals surface area contributed by atoms with Gasteiger partial charge in [-0.1, -0.05) is 23.7 Å². The van der Waals surface area contributed by atoms with Crippen molar-refractivity contribution in [2.75, 3.05) is 5.32 Å². The monoisotopic (exact) mass is 367 g/mol. The van der Waals surface area contributed by atoms with Crippen molar-refractivity contribution in [2.45, 2.75) is 19.4 Å². The maximum Gasteiger partial charge on any atom is 0.224 e. The van der Waals surface area contributed by atoms with Gasteiger partial charge in [0.1, 0.15) is 6.54 Å². The molecule has 1 amide bonds. The number of carbonyl (C=O) groups is 2. The fourth-order valence-electron chi connectivity index (χ4n) is 2.84. The number of ketones is 1. The number of hydrogen-bond acceptors (Lipinski definition) is 5. The van der Waals surface area contributed by atoms with Gasteiger partial charge in [-0.25, -0.2) is 0 Å². The number of nitrogens with zero attached hydrogens (tertiary/aromatic N) is 4. The van der Waals surface area contributed by atoms with Crippen LogP contribution < -0.4 is 5.32 Å². The second-order valence-electron chi connectivity index (χ2n) is 5.97. The van der Waals surface area contributed by atoms with Gasteiger partial charge in [-0.05, 0) is 47.5 Å². The zero-order chi connectivity index (χ0) is 18.1. The van der Waals surface area contributed by atoms with E-state index in [1.807, 2.05) is 18.2 Å². The first-order chi connectivity index (χ1) is 12.6. The Balaban J connectivity index is 1.52. The van der Waals surface area contributed by atoms with Gasteiger partial charge < -0.3 is 5.32 Å². The van der Waals surface area contributed by atoms with Gasteiger partial charge >= 0.3 is 0 Å². The molecule has 0 aliphatic carbocycles. The molecule has 0 unspecified atom stereocenters. The SMILES string of the molecule is O=C1CCc2cc(C(=O)Cn3nnc(-c4ccccc4Cl)n3)ccc2N1. The highest BCUT2D eigenvalue weighted by Gasteiger charge is 2.18. The van der Waals surface area contributed by atoms with E-state index in [2.05, 4.69) is 20.7 Å². The van der Waals surface area contributed by atoms with Crippen LogP contribution in [-0.2, 0) is 17.8 Å². The van der Waals surface area contributed by atoms with E-state index < -0.39 is 0 Å². The Bertz CT molecular complexity index is 1010. The summed E-state index contributed by atoms with van der Waals surface area (Å²) in [6.07, 6.45) is 1.05. The molecule has 3 aromatic rings. The minimum Gasteiger partial charge on any atom is -0.326 e. The predicted octanol–water partition coefficient (Wildman–Crippen LogP) is 2.76. The lowest BCUT2D eigenvalue weighted by Gasteiger charge is -2.17. The van der Waals surface area contributed by atoms with Crippen LogP contribution in [0.5, 0.6) is 0 Å². The van der Waals surface area contributed by atoms with Crippen LogP contribution in [0.4, 0.5) is 5.69 Å². The maximum absolute atomic E-state index is 12.5. The number of anilines is 1. The summed E-state index contributed by atoms with van der Waals surface area (Å²) in [4.78, 5) is 25.2. The quantitative estimate of drug-likeness (QED) is 0.716. The Hall–Kier alpha value is -3.06. The van der Waals surface area contributed by atoms with Crippen LogP contribution in [0.25, 0.3) is 11.4 Å². The van der Waals surface area contributed by atoms with Crippen molar-refractivity contribution in [3.8, 4) is 11.4 Å². The molecule has 4 rings (SSSR count). The number of fused-ring (bicyclic) bond motifs is 1. The molecule has 0 spiro atoms. The highest BCUT2D eigenvalue weighted by Crippen LogP contribution is 2.25. The van der Waals surface area contributed by atoms with Crippen LogP contribution in [-0.4, -0.2) is 31.9 Å². The van der Waals surface area contributed by atoms with Crippen molar-refractivity contribution >= 4 is 29.0 Å². The molecule has 0 radical (unpaired) electrons. The summed E-state index contributed by atoms with van der Waals surface area (Å²) in [6, 6.07) is 12.4. The molecule has 26 heavy (non-hydrogen) atoms. The second kappa shape index (κ2) is 6.68. The summed E-state index contributed by atoms with van der Waals surface area (Å²) in [7, 11) is 0. The summed E-state index contributed by atoms with van der Waals surface area (Å²) in [6.45, 7) is -0.0252. The molecule has 2 heterocycles. The third-order valence-electron chi connectivity index (χ3n) is 4.18. The molecule has 8 heteroatoms. The van der Waals surface area contributed by atoms with Crippen molar-refractivity contribution in [2.24, 2.45) is 0 Å². The van der Waals surface area contributed by atoms with E-state index in [9.17, 15) is 9.59 Å². The minimum atomic E-state index is -0.132. The lowest BCUT2D eigenvalue weighted by atomic mass is 9.99. The number of nitrogens with one attached hydrogen (secondary N) is 1. The highest BCUT2D eigenvalue weighted by molar-refractivity contribution is 6.33. The summed E-state index contributed by atoms with van der Waals surface area (Å²) >= 11 is 6.13. The van der Waals surface area contributed by atoms with Crippen molar-refractivity contribution in [3.63, 3.8) is 0 Å². The molecule has 7 nitrogen and oxygen atoms in total. The molecule has 130 valence electrons. The molecular weight excluding hydrogens is 354 g/mol. The van der Waals surface area contributed by atoms with E-state index in [0.29, 0.717) is 34.8 Å². The van der Waals surface area contributed by atoms with Crippen LogP contribution in [0.3, 0.4) is 0 Å². The van der Waals surface area contributed by atoms with Gasteiger partial charge in [0, 0.05) is 23.2 Å². The second-order valence-corrected chi connectivity index (χ2v) is 6.37. The number of carbonyl (C=O) groups excluding carboxylic acids is 2. The van der Waals surface area contributed by atoms with Gasteiger partial charge in [0.2, 0.25) is 11.7 Å². The minimum absolute atomic E-state index is 0.00417. The van der Waals surface area contributed by atoms with Gasteiger partial charge in [0.15, 0.2) is 5.78 Å². The lowest BCUT2D eigenvalue weighted by molar-refractivity contribution is -0.116. The van der Waals surface area contributed by atoms with Gasteiger partial charge in [0.05, 0.1) is 5.02 Å². The predicted molar refractivity (Wildman–Crippen MR) is 96.0 cm³/mol. The number of aryl methyl sites for hydroxylation is 1. The first-order valence-corrected chi connectivity index (χ1v) is 8.46. The van der Waals surface area contributed by atoms with E-state index >= 15 is 0 Å². The third kappa shape index (κ3) is 3.21. The molecule has 1 aromatic heterocycles. The van der Waals surface area contributed by atoms with Crippen LogP contribution in [0.2, 0.25) is 5.02 Å². The molecular formula is C18H14ClN5O2. The smallest absolute Gasteiger partial charge is 0.224 e. The number of Topliss-reactive ketones (excluding diaryl/α,β-unsaturated/α-hetero) is 1. The Morgan fingerprint density at radius 3 is 2.88 bits per heavy atom.